The van der Waals surface area contributed by atoms with Crippen LogP contribution in [0.5, 0.6) is 5.75 Å². The van der Waals surface area contributed by atoms with E-state index >= 15 is 0 Å². The molecule has 0 fully saturated rings. The first-order valence-corrected chi connectivity index (χ1v) is 10.9. The molecule has 2 amide bonds. The monoisotopic (exact) mass is 458 g/mol. The molecule has 4 aromatic rings. The van der Waals surface area contributed by atoms with Gasteiger partial charge in [0.1, 0.15) is 11.6 Å². The average Bonchev–Trinajstić information content (AvgIpc) is 3.28. The van der Waals surface area contributed by atoms with E-state index in [1.165, 1.54) is 0 Å². The van der Waals surface area contributed by atoms with E-state index in [9.17, 15) is 14.7 Å². The van der Waals surface area contributed by atoms with Gasteiger partial charge in [0.2, 0.25) is 0 Å². The Morgan fingerprint density at radius 3 is 2.29 bits per heavy atom. The number of carboxylic acids is 1. The van der Waals surface area contributed by atoms with Gasteiger partial charge in [0.15, 0.2) is 0 Å². The lowest BCUT2D eigenvalue weighted by Gasteiger charge is -2.22. The zero-order chi connectivity index (χ0) is 23.9. The number of methoxy groups -OCH3 is 1. The number of ether oxygens (including phenoxy) is 1. The van der Waals surface area contributed by atoms with Crippen molar-refractivity contribution in [2.24, 2.45) is 0 Å². The summed E-state index contributed by atoms with van der Waals surface area (Å²) >= 11 is 0. The predicted molar refractivity (Wildman–Crippen MR) is 129 cm³/mol. The van der Waals surface area contributed by atoms with Gasteiger partial charge in [-0.1, -0.05) is 54.6 Å². The molecule has 4 N–H and O–H groups in total. The highest BCUT2D eigenvalue weighted by Crippen LogP contribution is 2.22. The first-order chi connectivity index (χ1) is 16.5. The molecule has 8 nitrogen and oxygen atoms in total. The summed E-state index contributed by atoms with van der Waals surface area (Å²) in [5.41, 5.74) is 3.37. The maximum absolute atomic E-state index is 13.0. The van der Waals surface area contributed by atoms with Crippen LogP contribution in [0.4, 0.5) is 4.79 Å². The first-order valence-electron chi connectivity index (χ1n) is 10.9. The number of imidazole rings is 1. The van der Waals surface area contributed by atoms with Gasteiger partial charge in [-0.3, -0.25) is 4.79 Å². The van der Waals surface area contributed by atoms with Crippen LogP contribution in [-0.4, -0.2) is 34.2 Å². The van der Waals surface area contributed by atoms with Gasteiger partial charge < -0.3 is 25.5 Å². The van der Waals surface area contributed by atoms with Crippen molar-refractivity contribution in [1.82, 2.24) is 20.6 Å². The van der Waals surface area contributed by atoms with Crippen LogP contribution in [-0.2, 0) is 11.2 Å². The number of para-hydroxylation sites is 2. The topological polar surface area (TPSA) is 116 Å². The Bertz CT molecular complexity index is 1220. The van der Waals surface area contributed by atoms with Gasteiger partial charge in [-0.2, -0.15) is 0 Å². The molecule has 3 aromatic carbocycles. The number of aliphatic carboxylic acids is 1. The Kier molecular flexibility index (Phi) is 7.07. The number of carbonyl (C=O) groups excluding carboxylic acids is 1. The van der Waals surface area contributed by atoms with Crippen molar-refractivity contribution in [3.63, 3.8) is 0 Å². The van der Waals surface area contributed by atoms with Crippen LogP contribution in [0.1, 0.15) is 35.5 Å². The number of H-pyrrole nitrogens is 1. The van der Waals surface area contributed by atoms with Gasteiger partial charge in [0.05, 0.1) is 36.6 Å². The van der Waals surface area contributed by atoms with Crippen LogP contribution in [0.15, 0.2) is 78.9 Å². The summed E-state index contributed by atoms with van der Waals surface area (Å²) in [6.07, 6.45) is 0.247. The van der Waals surface area contributed by atoms with Crippen molar-refractivity contribution in [2.75, 3.05) is 7.11 Å². The number of aromatic amines is 1. The molecule has 0 aliphatic heterocycles. The van der Waals surface area contributed by atoms with Gasteiger partial charge in [-0.25, -0.2) is 9.78 Å². The Morgan fingerprint density at radius 1 is 0.941 bits per heavy atom. The van der Waals surface area contributed by atoms with Crippen LogP contribution >= 0.6 is 0 Å². The van der Waals surface area contributed by atoms with Crippen LogP contribution < -0.4 is 15.4 Å². The number of carboxylic acid groups (broad SMARTS) is 1. The van der Waals surface area contributed by atoms with E-state index in [0.29, 0.717) is 12.2 Å². The number of aromatic nitrogens is 2. The summed E-state index contributed by atoms with van der Waals surface area (Å²) in [6, 6.07) is 22.7. The third-order valence-electron chi connectivity index (χ3n) is 5.53. The summed E-state index contributed by atoms with van der Waals surface area (Å²) in [7, 11) is 1.61. The van der Waals surface area contributed by atoms with Gasteiger partial charge >= 0.3 is 12.0 Å². The highest BCUT2D eigenvalue weighted by molar-refractivity contribution is 5.77. The molecule has 0 radical (unpaired) electrons. The zero-order valence-electron chi connectivity index (χ0n) is 18.7. The third-order valence-corrected chi connectivity index (χ3v) is 5.53. The SMILES string of the molecule is COc1ccc(C[C@@H](NC(=O)NC(CC(=O)O)c2ccccc2)c2nc3ccccc3[nH]2)cc1. The van der Waals surface area contributed by atoms with Gasteiger partial charge in [0, 0.05) is 0 Å². The van der Waals surface area contributed by atoms with E-state index < -0.39 is 24.1 Å². The largest absolute Gasteiger partial charge is 0.497 e. The van der Waals surface area contributed by atoms with Crippen molar-refractivity contribution in [3.8, 4) is 5.75 Å². The Labute approximate surface area is 197 Å². The fourth-order valence-corrected chi connectivity index (χ4v) is 3.82. The van der Waals surface area contributed by atoms with E-state index in [1.807, 2.05) is 66.7 Å². The lowest BCUT2D eigenvalue weighted by Crippen LogP contribution is -2.41. The van der Waals surface area contributed by atoms with Crippen LogP contribution in [0.2, 0.25) is 0 Å². The molecular weight excluding hydrogens is 432 g/mol. The minimum atomic E-state index is -0.999. The second-order valence-electron chi connectivity index (χ2n) is 7.92. The Balaban J connectivity index is 1.57. The van der Waals surface area contributed by atoms with E-state index in [4.69, 9.17) is 4.74 Å². The first kappa shape index (κ1) is 22.8. The highest BCUT2D eigenvalue weighted by atomic mass is 16.5. The molecular formula is C26H26N4O4. The summed E-state index contributed by atoms with van der Waals surface area (Å²) in [5.74, 6) is 0.358. The summed E-state index contributed by atoms with van der Waals surface area (Å²) in [4.78, 5) is 32.4. The van der Waals surface area contributed by atoms with Gasteiger partial charge in [-0.05, 0) is 41.8 Å². The summed E-state index contributed by atoms with van der Waals surface area (Å²) < 4.78 is 5.23. The molecule has 0 aliphatic carbocycles. The number of hydrogen-bond donors (Lipinski definition) is 4. The van der Waals surface area contributed by atoms with Crippen molar-refractivity contribution >= 4 is 23.0 Å². The predicted octanol–water partition coefficient (Wildman–Crippen LogP) is 4.37. The second kappa shape index (κ2) is 10.5. The molecule has 0 saturated carbocycles. The van der Waals surface area contributed by atoms with Crippen LogP contribution in [0.3, 0.4) is 0 Å². The summed E-state index contributed by atoms with van der Waals surface area (Å²) in [6.45, 7) is 0. The normalized spacial score (nSPS) is 12.6. The fraction of sp³-hybridized carbons (Fsp3) is 0.192. The van der Waals surface area contributed by atoms with Crippen LogP contribution in [0.25, 0.3) is 11.0 Å². The third kappa shape index (κ3) is 5.72. The zero-order valence-corrected chi connectivity index (χ0v) is 18.7. The molecule has 34 heavy (non-hydrogen) atoms. The summed E-state index contributed by atoms with van der Waals surface area (Å²) in [5, 5.41) is 15.1. The van der Waals surface area contributed by atoms with Crippen LogP contribution in [0, 0.1) is 0 Å². The molecule has 8 heteroatoms. The lowest BCUT2D eigenvalue weighted by molar-refractivity contribution is -0.137. The molecule has 1 aromatic heterocycles. The number of nitrogens with one attached hydrogen (secondary N) is 3. The lowest BCUT2D eigenvalue weighted by atomic mass is 10.0. The molecule has 0 aliphatic rings. The molecule has 4 rings (SSSR count). The van der Waals surface area contributed by atoms with Gasteiger partial charge in [0.25, 0.3) is 0 Å². The number of benzene rings is 3. The number of amides is 2. The number of rotatable bonds is 9. The quantitative estimate of drug-likeness (QED) is 0.297. The molecule has 0 saturated heterocycles. The maximum atomic E-state index is 13.0. The van der Waals surface area contributed by atoms with E-state index in [0.717, 1.165) is 27.9 Å². The van der Waals surface area contributed by atoms with E-state index in [2.05, 4.69) is 20.6 Å². The maximum Gasteiger partial charge on any atom is 0.315 e. The Morgan fingerprint density at radius 2 is 1.62 bits per heavy atom. The number of fused-ring (bicyclic) bond motifs is 1. The second-order valence-corrected chi connectivity index (χ2v) is 7.92. The molecule has 1 unspecified atom stereocenters. The number of nitrogens with zero attached hydrogens (tertiary/aromatic N) is 1. The number of carbonyl (C=O) groups is 2. The highest BCUT2D eigenvalue weighted by Gasteiger charge is 2.23. The van der Waals surface area contributed by atoms with E-state index in [-0.39, 0.29) is 6.42 Å². The molecule has 2 atom stereocenters. The fourth-order valence-electron chi connectivity index (χ4n) is 3.82. The Hall–Kier alpha value is -4.33. The van der Waals surface area contributed by atoms with Crippen molar-refractivity contribution in [3.05, 3.63) is 95.8 Å². The standard InChI is InChI=1S/C26H26N4O4/c1-34-19-13-11-17(12-14-19)15-23(25-27-20-9-5-6-10-21(20)28-25)30-26(33)29-22(16-24(31)32)18-7-3-2-4-8-18/h2-14,22-23H,15-16H2,1H3,(H,27,28)(H,31,32)(H2,29,30,33)/t22?,23-/m1/s1. The molecule has 0 spiro atoms. The van der Waals surface area contributed by atoms with Crippen molar-refractivity contribution in [2.45, 2.75) is 24.9 Å². The number of hydrogen-bond acceptors (Lipinski definition) is 4. The van der Waals surface area contributed by atoms with E-state index in [1.54, 1.807) is 19.2 Å². The molecule has 1 heterocycles. The minimum absolute atomic E-state index is 0.231. The molecule has 174 valence electrons. The smallest absolute Gasteiger partial charge is 0.315 e. The van der Waals surface area contributed by atoms with Crippen molar-refractivity contribution < 1.29 is 19.4 Å². The van der Waals surface area contributed by atoms with Crippen molar-refractivity contribution in [1.29, 1.82) is 0 Å². The minimum Gasteiger partial charge on any atom is -0.497 e. The number of urea groups is 1. The van der Waals surface area contributed by atoms with Gasteiger partial charge in [-0.15, -0.1) is 0 Å². The molecule has 0 bridgehead atoms. The average molecular weight is 459 g/mol.